The van der Waals surface area contributed by atoms with Crippen LogP contribution in [-0.4, -0.2) is 17.3 Å². The molecule has 0 aliphatic carbocycles. The number of ether oxygens (including phenoxy) is 2. The lowest BCUT2D eigenvalue weighted by Crippen LogP contribution is -2.21. The highest BCUT2D eigenvalue weighted by atomic mass is 16.5. The fourth-order valence-electron chi connectivity index (χ4n) is 3.75. The summed E-state index contributed by atoms with van der Waals surface area (Å²) in [4.78, 5) is 0. The molecule has 1 aromatic heterocycles. The number of fused-ring (bicyclic) bond motifs is 1. The summed E-state index contributed by atoms with van der Waals surface area (Å²) < 4.78 is 11.1. The van der Waals surface area contributed by atoms with Crippen molar-refractivity contribution < 1.29 is 9.47 Å². The van der Waals surface area contributed by atoms with E-state index in [2.05, 4.69) is 49.2 Å². The second-order valence-corrected chi connectivity index (χ2v) is 8.35. The van der Waals surface area contributed by atoms with Gasteiger partial charge in [-0.25, -0.2) is 0 Å². The van der Waals surface area contributed by atoms with E-state index in [9.17, 15) is 5.26 Å². The summed E-state index contributed by atoms with van der Waals surface area (Å²) >= 11 is 0. The van der Waals surface area contributed by atoms with E-state index in [1.165, 1.54) is 5.56 Å². The molecule has 30 heavy (non-hydrogen) atoms. The van der Waals surface area contributed by atoms with E-state index < -0.39 is 0 Å². The Balaban J connectivity index is 1.89. The van der Waals surface area contributed by atoms with Crippen LogP contribution in [0.2, 0.25) is 0 Å². The van der Waals surface area contributed by atoms with Crippen molar-refractivity contribution in [1.82, 2.24) is 10.2 Å². The van der Waals surface area contributed by atoms with Crippen molar-refractivity contribution in [2.24, 2.45) is 5.73 Å². The summed E-state index contributed by atoms with van der Waals surface area (Å²) in [5.74, 6) is 0.815. The first kappa shape index (κ1) is 19.6. The van der Waals surface area contributed by atoms with Gasteiger partial charge in [-0.15, -0.1) is 5.10 Å². The predicted molar refractivity (Wildman–Crippen MR) is 115 cm³/mol. The molecule has 2 aromatic carbocycles. The monoisotopic (exact) mass is 400 g/mol. The Hall–Kier alpha value is -3.72. The summed E-state index contributed by atoms with van der Waals surface area (Å²) in [5.41, 5.74) is 11.1. The summed E-state index contributed by atoms with van der Waals surface area (Å²) in [6, 6.07) is 18.2. The smallest absolute Gasteiger partial charge is 0.244 e. The van der Waals surface area contributed by atoms with Crippen LogP contribution >= 0.6 is 0 Å². The molecule has 152 valence electrons. The topological polar surface area (TPSA) is 97.0 Å². The third-order valence-electron chi connectivity index (χ3n) is 5.41. The van der Waals surface area contributed by atoms with Gasteiger partial charge in [0, 0.05) is 5.56 Å². The highest BCUT2D eigenvalue weighted by molar-refractivity contribution is 5.71. The molecule has 0 unspecified atom stereocenters. The molecule has 3 N–H and O–H groups in total. The van der Waals surface area contributed by atoms with Gasteiger partial charge in [0.25, 0.3) is 0 Å². The van der Waals surface area contributed by atoms with E-state index >= 15 is 0 Å². The van der Waals surface area contributed by atoms with Crippen molar-refractivity contribution in [3.05, 3.63) is 76.7 Å². The van der Waals surface area contributed by atoms with Crippen LogP contribution in [0.25, 0.3) is 11.3 Å². The molecule has 0 bridgehead atoms. The molecule has 0 amide bonds. The zero-order chi connectivity index (χ0) is 21.5. The Morgan fingerprint density at radius 3 is 2.53 bits per heavy atom. The van der Waals surface area contributed by atoms with Gasteiger partial charge in [-0.3, -0.25) is 5.10 Å². The van der Waals surface area contributed by atoms with Gasteiger partial charge in [-0.2, -0.15) is 5.26 Å². The van der Waals surface area contributed by atoms with Crippen LogP contribution in [0, 0.1) is 11.3 Å². The summed E-state index contributed by atoms with van der Waals surface area (Å²) in [6.07, 6.45) is 0. The van der Waals surface area contributed by atoms with Crippen LogP contribution in [-0.2, 0) is 5.41 Å². The Bertz CT molecular complexity index is 1160. The fourth-order valence-corrected chi connectivity index (χ4v) is 3.75. The molecular formula is C24H24N4O2. The predicted octanol–water partition coefficient (Wildman–Crippen LogP) is 4.60. The summed E-state index contributed by atoms with van der Waals surface area (Å²) in [6.45, 7) is 6.51. The standard InChI is InChI=1S/C24H24N4O2/c1-24(2,3)16-10-8-14(9-11-16)19-18(13-25)22(26)30-23-20(19)21(27-28-23)15-6-5-7-17(12-15)29-4/h5-12,19H,26H2,1-4H3,(H,27,28)/t19-/m1/s1. The molecule has 6 nitrogen and oxygen atoms in total. The van der Waals surface area contributed by atoms with Crippen LogP contribution in [0.3, 0.4) is 0 Å². The van der Waals surface area contributed by atoms with E-state index in [1.807, 2.05) is 36.4 Å². The van der Waals surface area contributed by atoms with E-state index in [-0.39, 0.29) is 17.2 Å². The van der Waals surface area contributed by atoms with Crippen molar-refractivity contribution in [3.63, 3.8) is 0 Å². The highest BCUT2D eigenvalue weighted by Gasteiger charge is 2.35. The maximum absolute atomic E-state index is 9.87. The van der Waals surface area contributed by atoms with Gasteiger partial charge >= 0.3 is 0 Å². The quantitative estimate of drug-likeness (QED) is 0.670. The summed E-state index contributed by atoms with van der Waals surface area (Å²) in [7, 11) is 1.63. The average Bonchev–Trinajstić information content (AvgIpc) is 3.15. The number of nitrogens with zero attached hydrogens (tertiary/aromatic N) is 2. The molecule has 3 aromatic rings. The van der Waals surface area contributed by atoms with Gasteiger partial charge in [0.05, 0.1) is 24.3 Å². The minimum atomic E-state index is -0.382. The normalized spacial score (nSPS) is 15.9. The van der Waals surface area contributed by atoms with Crippen LogP contribution in [0.4, 0.5) is 0 Å². The number of nitriles is 1. The Kier molecular flexibility index (Phi) is 4.75. The number of hydrogen-bond acceptors (Lipinski definition) is 5. The molecule has 4 rings (SSSR count). The number of aromatic nitrogens is 2. The molecule has 0 fully saturated rings. The molecule has 0 saturated carbocycles. The molecule has 1 aliphatic heterocycles. The second-order valence-electron chi connectivity index (χ2n) is 8.35. The number of allylic oxidation sites excluding steroid dienone is 1. The molecule has 6 heteroatoms. The number of hydrogen-bond donors (Lipinski definition) is 2. The molecular weight excluding hydrogens is 376 g/mol. The Morgan fingerprint density at radius 2 is 1.90 bits per heavy atom. The lowest BCUT2D eigenvalue weighted by molar-refractivity contribution is 0.379. The van der Waals surface area contributed by atoms with Crippen LogP contribution in [0.15, 0.2) is 60.0 Å². The minimum Gasteiger partial charge on any atom is -0.497 e. The van der Waals surface area contributed by atoms with Gasteiger partial charge in [0.1, 0.15) is 17.4 Å². The lowest BCUT2D eigenvalue weighted by atomic mass is 9.81. The number of aromatic amines is 1. The van der Waals surface area contributed by atoms with Crippen molar-refractivity contribution >= 4 is 0 Å². The first-order chi connectivity index (χ1) is 14.3. The van der Waals surface area contributed by atoms with E-state index in [4.69, 9.17) is 15.2 Å². The molecule has 1 atom stereocenters. The zero-order valence-electron chi connectivity index (χ0n) is 17.5. The van der Waals surface area contributed by atoms with Crippen LogP contribution in [0.1, 0.15) is 43.4 Å². The largest absolute Gasteiger partial charge is 0.497 e. The molecule has 0 radical (unpaired) electrons. The molecule has 0 spiro atoms. The third kappa shape index (κ3) is 3.29. The Labute approximate surface area is 175 Å². The van der Waals surface area contributed by atoms with E-state index in [0.29, 0.717) is 11.5 Å². The highest BCUT2D eigenvalue weighted by Crippen LogP contribution is 2.46. The molecule has 2 heterocycles. The first-order valence-electron chi connectivity index (χ1n) is 9.74. The number of methoxy groups -OCH3 is 1. The maximum Gasteiger partial charge on any atom is 0.244 e. The second kappa shape index (κ2) is 7.27. The number of nitrogens with one attached hydrogen (secondary N) is 1. The lowest BCUT2D eigenvalue weighted by Gasteiger charge is -2.25. The SMILES string of the molecule is COc1cccc(-c2[nH]nc3c2[C@H](c2ccc(C(C)(C)C)cc2)C(C#N)=C(N)O3)c1. The number of H-pyrrole nitrogens is 1. The molecule has 1 aliphatic rings. The van der Waals surface area contributed by atoms with Crippen molar-refractivity contribution in [2.45, 2.75) is 32.1 Å². The van der Waals surface area contributed by atoms with Gasteiger partial charge in [-0.1, -0.05) is 57.2 Å². The zero-order valence-corrected chi connectivity index (χ0v) is 17.5. The van der Waals surface area contributed by atoms with Crippen molar-refractivity contribution in [3.8, 4) is 29.0 Å². The number of nitrogens with two attached hydrogens (primary N) is 1. The van der Waals surface area contributed by atoms with Gasteiger partial charge in [-0.05, 0) is 28.7 Å². The van der Waals surface area contributed by atoms with Crippen molar-refractivity contribution in [1.29, 1.82) is 5.26 Å². The van der Waals surface area contributed by atoms with Gasteiger partial charge in [0.15, 0.2) is 0 Å². The van der Waals surface area contributed by atoms with Crippen molar-refractivity contribution in [2.75, 3.05) is 7.11 Å². The number of benzene rings is 2. The van der Waals surface area contributed by atoms with E-state index in [0.717, 1.165) is 28.1 Å². The van der Waals surface area contributed by atoms with Gasteiger partial charge < -0.3 is 15.2 Å². The first-order valence-corrected chi connectivity index (χ1v) is 9.74. The Morgan fingerprint density at radius 1 is 1.17 bits per heavy atom. The van der Waals surface area contributed by atoms with Crippen LogP contribution < -0.4 is 15.2 Å². The third-order valence-corrected chi connectivity index (χ3v) is 5.41. The molecule has 0 saturated heterocycles. The van der Waals surface area contributed by atoms with Gasteiger partial charge in [0.2, 0.25) is 11.8 Å². The summed E-state index contributed by atoms with van der Waals surface area (Å²) in [5, 5.41) is 17.3. The number of rotatable bonds is 3. The van der Waals surface area contributed by atoms with Crippen LogP contribution in [0.5, 0.6) is 11.6 Å². The average molecular weight is 400 g/mol. The minimum absolute atomic E-state index is 0.0354. The fraction of sp³-hybridized carbons (Fsp3) is 0.250. The maximum atomic E-state index is 9.87. The van der Waals surface area contributed by atoms with E-state index in [1.54, 1.807) is 7.11 Å².